The van der Waals surface area contributed by atoms with Gasteiger partial charge in [-0.3, -0.25) is 4.79 Å². The Bertz CT molecular complexity index is 579. The molecule has 0 radical (unpaired) electrons. The molecule has 6 nitrogen and oxygen atoms in total. The fourth-order valence-corrected chi connectivity index (χ4v) is 2.81. The minimum absolute atomic E-state index is 0. The van der Waals surface area contributed by atoms with Gasteiger partial charge >= 0.3 is 6.03 Å². The SMILES string of the molecule is CCCNC(=O)Nc1ccc(CC(=O)N2CCC(C)(CN)C2)cc1.Cl. The van der Waals surface area contributed by atoms with Gasteiger partial charge in [-0.1, -0.05) is 26.0 Å². The summed E-state index contributed by atoms with van der Waals surface area (Å²) < 4.78 is 0. The molecule has 140 valence electrons. The summed E-state index contributed by atoms with van der Waals surface area (Å²) in [5, 5.41) is 5.53. The lowest BCUT2D eigenvalue weighted by Gasteiger charge is -2.22. The van der Waals surface area contributed by atoms with E-state index in [0.29, 0.717) is 19.5 Å². The first kappa shape index (κ1) is 21.3. The number of hydrogen-bond acceptors (Lipinski definition) is 3. The predicted octanol–water partition coefficient (Wildman–Crippen LogP) is 2.38. The van der Waals surface area contributed by atoms with E-state index in [1.807, 2.05) is 36.1 Å². The Morgan fingerprint density at radius 2 is 1.96 bits per heavy atom. The molecule has 0 aliphatic carbocycles. The summed E-state index contributed by atoms with van der Waals surface area (Å²) in [4.78, 5) is 25.9. The summed E-state index contributed by atoms with van der Waals surface area (Å²) in [6.07, 6.45) is 2.24. The highest BCUT2D eigenvalue weighted by Gasteiger charge is 2.34. The largest absolute Gasteiger partial charge is 0.342 e. The number of anilines is 1. The van der Waals surface area contributed by atoms with E-state index in [9.17, 15) is 9.59 Å². The number of benzene rings is 1. The lowest BCUT2D eigenvalue weighted by atomic mass is 9.90. The number of carbonyl (C=O) groups excluding carboxylic acids is 2. The van der Waals surface area contributed by atoms with Crippen LogP contribution in [0.2, 0.25) is 0 Å². The molecular weight excluding hydrogens is 340 g/mol. The van der Waals surface area contributed by atoms with Crippen LogP contribution in [0.3, 0.4) is 0 Å². The van der Waals surface area contributed by atoms with E-state index in [-0.39, 0.29) is 29.8 Å². The van der Waals surface area contributed by atoms with Crippen LogP contribution >= 0.6 is 12.4 Å². The van der Waals surface area contributed by atoms with E-state index in [1.54, 1.807) is 0 Å². The number of hydrogen-bond donors (Lipinski definition) is 3. The van der Waals surface area contributed by atoms with Gasteiger partial charge in [0, 0.05) is 25.3 Å². The van der Waals surface area contributed by atoms with Crippen LogP contribution in [0.5, 0.6) is 0 Å². The van der Waals surface area contributed by atoms with Crippen LogP contribution in [0, 0.1) is 5.41 Å². The molecule has 1 aliphatic rings. The van der Waals surface area contributed by atoms with Crippen LogP contribution in [0.15, 0.2) is 24.3 Å². The van der Waals surface area contributed by atoms with E-state index in [4.69, 9.17) is 5.73 Å². The molecule has 1 aromatic rings. The van der Waals surface area contributed by atoms with E-state index in [1.165, 1.54) is 0 Å². The van der Waals surface area contributed by atoms with Gasteiger partial charge in [-0.2, -0.15) is 0 Å². The highest BCUT2D eigenvalue weighted by molar-refractivity contribution is 5.89. The van der Waals surface area contributed by atoms with Crippen LogP contribution < -0.4 is 16.4 Å². The van der Waals surface area contributed by atoms with Crippen molar-refractivity contribution in [2.24, 2.45) is 11.1 Å². The topological polar surface area (TPSA) is 87.5 Å². The summed E-state index contributed by atoms with van der Waals surface area (Å²) in [5.74, 6) is 0.133. The smallest absolute Gasteiger partial charge is 0.319 e. The second-order valence-corrected chi connectivity index (χ2v) is 6.83. The molecule has 1 saturated heterocycles. The van der Waals surface area contributed by atoms with Crippen molar-refractivity contribution in [2.75, 3.05) is 31.5 Å². The zero-order valence-corrected chi connectivity index (χ0v) is 15.8. The van der Waals surface area contributed by atoms with Crippen molar-refractivity contribution >= 4 is 30.0 Å². The second kappa shape index (κ2) is 9.63. The normalized spacial score (nSPS) is 19.2. The van der Waals surface area contributed by atoms with Crippen LogP contribution in [0.4, 0.5) is 10.5 Å². The van der Waals surface area contributed by atoms with E-state index >= 15 is 0 Å². The molecule has 1 aliphatic heterocycles. The molecule has 7 heteroatoms. The average molecular weight is 369 g/mol. The summed E-state index contributed by atoms with van der Waals surface area (Å²) in [7, 11) is 0. The second-order valence-electron chi connectivity index (χ2n) is 6.83. The van der Waals surface area contributed by atoms with Crippen LogP contribution in [-0.4, -0.2) is 43.0 Å². The standard InChI is InChI=1S/C18H28N4O2.ClH/c1-3-9-20-17(24)21-15-6-4-14(5-7-15)11-16(23)22-10-8-18(2,12-19)13-22;/h4-7H,3,8-13,19H2,1-2H3,(H2,20,21,24);1H. The number of likely N-dealkylation sites (tertiary alicyclic amines) is 1. The van der Waals surface area contributed by atoms with Gasteiger partial charge in [-0.05, 0) is 42.5 Å². The molecular formula is C18H29ClN4O2. The van der Waals surface area contributed by atoms with Gasteiger partial charge < -0.3 is 21.3 Å². The Kier molecular flexibility index (Phi) is 8.19. The maximum absolute atomic E-state index is 12.4. The van der Waals surface area contributed by atoms with Crippen LogP contribution in [0.25, 0.3) is 0 Å². The highest BCUT2D eigenvalue weighted by atomic mass is 35.5. The first-order valence-corrected chi connectivity index (χ1v) is 8.57. The summed E-state index contributed by atoms with van der Waals surface area (Å²) in [5.41, 5.74) is 7.51. The molecule has 25 heavy (non-hydrogen) atoms. The monoisotopic (exact) mass is 368 g/mol. The Morgan fingerprint density at radius 1 is 1.28 bits per heavy atom. The van der Waals surface area contributed by atoms with Gasteiger partial charge in [-0.25, -0.2) is 4.79 Å². The van der Waals surface area contributed by atoms with Crippen molar-refractivity contribution in [3.05, 3.63) is 29.8 Å². The first-order valence-electron chi connectivity index (χ1n) is 8.57. The number of urea groups is 1. The zero-order chi connectivity index (χ0) is 17.6. The molecule has 0 bridgehead atoms. The number of nitrogens with one attached hydrogen (secondary N) is 2. The Balaban J connectivity index is 0.00000312. The van der Waals surface area contributed by atoms with Crippen molar-refractivity contribution < 1.29 is 9.59 Å². The van der Waals surface area contributed by atoms with Crippen molar-refractivity contribution in [3.8, 4) is 0 Å². The number of halogens is 1. The number of nitrogens with two attached hydrogens (primary N) is 1. The van der Waals surface area contributed by atoms with Crippen molar-refractivity contribution in [3.63, 3.8) is 0 Å². The third kappa shape index (κ3) is 6.21. The molecule has 4 N–H and O–H groups in total. The van der Waals surface area contributed by atoms with Crippen LogP contribution in [-0.2, 0) is 11.2 Å². The van der Waals surface area contributed by atoms with Gasteiger partial charge in [0.1, 0.15) is 0 Å². The fourth-order valence-electron chi connectivity index (χ4n) is 2.81. The minimum atomic E-state index is -0.209. The van der Waals surface area contributed by atoms with Gasteiger partial charge in [0.15, 0.2) is 0 Å². The lowest BCUT2D eigenvalue weighted by molar-refractivity contribution is -0.129. The molecule has 0 spiro atoms. The summed E-state index contributed by atoms with van der Waals surface area (Å²) >= 11 is 0. The fraction of sp³-hybridized carbons (Fsp3) is 0.556. The summed E-state index contributed by atoms with van der Waals surface area (Å²) in [6, 6.07) is 7.19. The Labute approximate surface area is 155 Å². The molecule has 1 aromatic carbocycles. The zero-order valence-electron chi connectivity index (χ0n) is 15.0. The quantitative estimate of drug-likeness (QED) is 0.720. The molecule has 1 heterocycles. The van der Waals surface area contributed by atoms with Gasteiger partial charge in [-0.15, -0.1) is 12.4 Å². The minimum Gasteiger partial charge on any atom is -0.342 e. The molecule has 3 amide bonds. The molecule has 1 atom stereocenters. The Hall–Kier alpha value is -1.79. The molecule has 0 saturated carbocycles. The Morgan fingerprint density at radius 3 is 2.52 bits per heavy atom. The number of nitrogens with zero attached hydrogens (tertiary/aromatic N) is 1. The van der Waals surface area contributed by atoms with Crippen molar-refractivity contribution in [1.29, 1.82) is 0 Å². The highest BCUT2D eigenvalue weighted by Crippen LogP contribution is 2.28. The number of carbonyl (C=O) groups is 2. The van der Waals surface area contributed by atoms with Gasteiger partial charge in [0.25, 0.3) is 0 Å². The van der Waals surface area contributed by atoms with Crippen molar-refractivity contribution in [1.82, 2.24) is 10.2 Å². The first-order chi connectivity index (χ1) is 11.5. The average Bonchev–Trinajstić information content (AvgIpc) is 2.98. The van der Waals surface area contributed by atoms with Crippen LogP contribution in [0.1, 0.15) is 32.3 Å². The molecule has 1 fully saturated rings. The van der Waals surface area contributed by atoms with Gasteiger partial charge in [0.2, 0.25) is 5.91 Å². The maximum Gasteiger partial charge on any atom is 0.319 e. The third-order valence-electron chi connectivity index (χ3n) is 4.51. The number of amides is 3. The third-order valence-corrected chi connectivity index (χ3v) is 4.51. The number of rotatable bonds is 6. The van der Waals surface area contributed by atoms with Crippen molar-refractivity contribution in [2.45, 2.75) is 33.1 Å². The van der Waals surface area contributed by atoms with E-state index in [0.717, 1.165) is 37.2 Å². The molecule has 1 unspecified atom stereocenters. The predicted molar refractivity (Wildman–Crippen MR) is 103 cm³/mol. The maximum atomic E-state index is 12.4. The molecule has 0 aromatic heterocycles. The summed E-state index contributed by atoms with van der Waals surface area (Å²) in [6.45, 7) is 6.91. The molecule has 2 rings (SSSR count). The van der Waals surface area contributed by atoms with E-state index in [2.05, 4.69) is 17.6 Å². The lowest BCUT2D eigenvalue weighted by Crippen LogP contribution is -2.35. The van der Waals surface area contributed by atoms with E-state index < -0.39 is 0 Å². The van der Waals surface area contributed by atoms with Gasteiger partial charge in [0.05, 0.1) is 6.42 Å².